The van der Waals surface area contributed by atoms with Gasteiger partial charge in [0.1, 0.15) is 6.04 Å². The van der Waals surface area contributed by atoms with Crippen molar-refractivity contribution in [1.82, 2.24) is 5.32 Å². The van der Waals surface area contributed by atoms with Gasteiger partial charge in [0.15, 0.2) is 6.10 Å². The van der Waals surface area contributed by atoms with E-state index in [1.807, 2.05) is 0 Å². The molecule has 1 amide bonds. The van der Waals surface area contributed by atoms with E-state index in [0.717, 1.165) is 0 Å². The summed E-state index contributed by atoms with van der Waals surface area (Å²) in [6.45, 7) is 0. The van der Waals surface area contributed by atoms with Crippen LogP contribution < -0.4 is 5.32 Å². The number of hydrogen-bond acceptors (Lipinski definition) is 5. The molecule has 2 rings (SSSR count). The maximum Gasteiger partial charge on any atom is 0.338 e. The van der Waals surface area contributed by atoms with E-state index < -0.39 is 30.0 Å². The van der Waals surface area contributed by atoms with Crippen LogP contribution >= 0.6 is 0 Å². The molecule has 1 aliphatic heterocycles. The summed E-state index contributed by atoms with van der Waals surface area (Å²) in [6.07, 6.45) is -0.874. The molecule has 1 heterocycles. The van der Waals surface area contributed by atoms with Gasteiger partial charge in [0, 0.05) is 6.42 Å². The fourth-order valence-corrected chi connectivity index (χ4v) is 1.82. The van der Waals surface area contributed by atoms with Crippen molar-refractivity contribution >= 4 is 17.8 Å². The molecule has 0 spiro atoms. The molecule has 0 aliphatic carbocycles. The Labute approximate surface area is 109 Å². The number of hydrogen-bond donors (Lipinski definition) is 1. The second kappa shape index (κ2) is 5.51. The van der Waals surface area contributed by atoms with Crippen molar-refractivity contribution in [2.24, 2.45) is 0 Å². The zero-order valence-corrected chi connectivity index (χ0v) is 10.3. The number of methoxy groups -OCH3 is 1. The highest BCUT2D eigenvalue weighted by Gasteiger charge is 2.39. The van der Waals surface area contributed by atoms with Crippen LogP contribution in [0.2, 0.25) is 0 Å². The second-order valence-electron chi connectivity index (χ2n) is 4.08. The number of ether oxygens (including phenoxy) is 2. The minimum atomic E-state index is -0.961. The van der Waals surface area contributed by atoms with Gasteiger partial charge in [0.2, 0.25) is 0 Å². The van der Waals surface area contributed by atoms with Crippen LogP contribution in [-0.2, 0) is 19.1 Å². The standard InChI is InChI=1S/C13H13NO5/c1-18-13(17)9-7-10(11(15)14-9)19-12(16)8-5-3-2-4-6-8/h2-6,9-10H,7H2,1H3,(H,14,15)/t9-,10-/m0/s1. The van der Waals surface area contributed by atoms with Crippen molar-refractivity contribution in [1.29, 1.82) is 0 Å². The summed E-state index contributed by atoms with van der Waals surface area (Å²) in [7, 11) is 1.23. The summed E-state index contributed by atoms with van der Waals surface area (Å²) in [5.41, 5.74) is 0.358. The van der Waals surface area contributed by atoms with Crippen molar-refractivity contribution < 1.29 is 23.9 Å². The highest BCUT2D eigenvalue weighted by molar-refractivity contribution is 5.95. The van der Waals surface area contributed by atoms with Gasteiger partial charge in [-0.2, -0.15) is 0 Å². The zero-order chi connectivity index (χ0) is 13.8. The molecular formula is C13H13NO5. The summed E-state index contributed by atoms with van der Waals surface area (Å²) in [5, 5.41) is 2.42. The average Bonchev–Trinajstić information content (AvgIpc) is 2.80. The van der Waals surface area contributed by atoms with E-state index in [9.17, 15) is 14.4 Å². The third-order valence-electron chi connectivity index (χ3n) is 2.80. The Kier molecular flexibility index (Phi) is 3.79. The number of carbonyl (C=O) groups excluding carboxylic acids is 3. The molecule has 1 aromatic rings. The number of carbonyl (C=O) groups is 3. The van der Waals surface area contributed by atoms with Crippen molar-refractivity contribution in [2.45, 2.75) is 18.6 Å². The number of nitrogens with one attached hydrogen (secondary N) is 1. The van der Waals surface area contributed by atoms with E-state index in [0.29, 0.717) is 5.56 Å². The maximum absolute atomic E-state index is 11.8. The summed E-state index contributed by atoms with van der Waals surface area (Å²) in [5.74, 6) is -1.63. The molecule has 1 saturated heterocycles. The monoisotopic (exact) mass is 263 g/mol. The summed E-state index contributed by atoms with van der Waals surface area (Å²) >= 11 is 0. The molecule has 19 heavy (non-hydrogen) atoms. The molecule has 6 nitrogen and oxygen atoms in total. The quantitative estimate of drug-likeness (QED) is 0.792. The third-order valence-corrected chi connectivity index (χ3v) is 2.80. The Bertz CT molecular complexity index is 499. The van der Waals surface area contributed by atoms with Gasteiger partial charge >= 0.3 is 11.9 Å². The number of rotatable bonds is 3. The van der Waals surface area contributed by atoms with Crippen LogP contribution in [0, 0.1) is 0 Å². The third kappa shape index (κ3) is 2.90. The molecule has 0 unspecified atom stereocenters. The number of esters is 2. The highest BCUT2D eigenvalue weighted by Crippen LogP contribution is 2.15. The first-order chi connectivity index (χ1) is 9.11. The minimum absolute atomic E-state index is 0.0874. The topological polar surface area (TPSA) is 81.7 Å². The summed E-state index contributed by atoms with van der Waals surface area (Å²) < 4.78 is 9.60. The Hall–Kier alpha value is -2.37. The van der Waals surface area contributed by atoms with Gasteiger partial charge in [0.05, 0.1) is 12.7 Å². The van der Waals surface area contributed by atoms with Gasteiger partial charge in [-0.15, -0.1) is 0 Å². The molecule has 0 radical (unpaired) electrons. The van der Waals surface area contributed by atoms with Crippen molar-refractivity contribution in [2.75, 3.05) is 7.11 Å². The number of benzene rings is 1. The van der Waals surface area contributed by atoms with E-state index in [4.69, 9.17) is 4.74 Å². The summed E-state index contributed by atoms with van der Waals surface area (Å²) in [4.78, 5) is 34.6. The predicted molar refractivity (Wildman–Crippen MR) is 64.2 cm³/mol. The SMILES string of the molecule is COC(=O)[C@@H]1C[C@H](OC(=O)c2ccccc2)C(=O)N1. The van der Waals surface area contributed by atoms with Gasteiger partial charge in [-0.25, -0.2) is 9.59 Å². The molecule has 0 saturated carbocycles. The van der Waals surface area contributed by atoms with Crippen LogP contribution in [0.3, 0.4) is 0 Å². The highest BCUT2D eigenvalue weighted by atomic mass is 16.6. The lowest BCUT2D eigenvalue weighted by Gasteiger charge is -2.09. The first-order valence-corrected chi connectivity index (χ1v) is 5.76. The zero-order valence-electron chi connectivity index (χ0n) is 10.3. The van der Waals surface area contributed by atoms with Crippen LogP contribution in [0.1, 0.15) is 16.8 Å². The first-order valence-electron chi connectivity index (χ1n) is 5.76. The normalized spacial score (nSPS) is 21.6. The van der Waals surface area contributed by atoms with E-state index in [-0.39, 0.29) is 6.42 Å². The molecule has 1 N–H and O–H groups in total. The molecule has 0 aromatic heterocycles. The second-order valence-corrected chi connectivity index (χ2v) is 4.08. The van der Waals surface area contributed by atoms with Crippen LogP contribution in [0.5, 0.6) is 0 Å². The van der Waals surface area contributed by atoms with Crippen LogP contribution in [0.15, 0.2) is 30.3 Å². The first kappa shape index (κ1) is 13.1. The van der Waals surface area contributed by atoms with E-state index in [1.165, 1.54) is 7.11 Å². The number of amides is 1. The van der Waals surface area contributed by atoms with Crippen molar-refractivity contribution in [3.8, 4) is 0 Å². The molecule has 6 heteroatoms. The largest absolute Gasteiger partial charge is 0.467 e. The molecular weight excluding hydrogens is 250 g/mol. The van der Waals surface area contributed by atoms with E-state index in [1.54, 1.807) is 30.3 Å². The lowest BCUT2D eigenvalue weighted by Crippen LogP contribution is -2.34. The van der Waals surface area contributed by atoms with E-state index >= 15 is 0 Å². The molecule has 2 atom stereocenters. The fraction of sp³-hybridized carbons (Fsp3) is 0.308. The van der Waals surface area contributed by atoms with Gasteiger partial charge in [0.25, 0.3) is 5.91 Å². The molecule has 0 bridgehead atoms. The smallest absolute Gasteiger partial charge is 0.338 e. The maximum atomic E-state index is 11.8. The summed E-state index contributed by atoms with van der Waals surface area (Å²) in [6, 6.07) is 7.59. The van der Waals surface area contributed by atoms with Crippen molar-refractivity contribution in [3.05, 3.63) is 35.9 Å². The Morgan fingerprint density at radius 1 is 1.26 bits per heavy atom. The predicted octanol–water partition coefficient (Wildman–Crippen LogP) is 0.274. The molecule has 1 aromatic carbocycles. The van der Waals surface area contributed by atoms with E-state index in [2.05, 4.69) is 10.1 Å². The van der Waals surface area contributed by atoms with Gasteiger partial charge in [-0.3, -0.25) is 4.79 Å². The lowest BCUT2D eigenvalue weighted by atomic mass is 10.2. The molecule has 1 fully saturated rings. The molecule has 100 valence electrons. The van der Waals surface area contributed by atoms with Crippen molar-refractivity contribution in [3.63, 3.8) is 0 Å². The van der Waals surface area contributed by atoms with Crippen LogP contribution in [0.4, 0.5) is 0 Å². The molecule has 1 aliphatic rings. The van der Waals surface area contributed by atoms with Gasteiger partial charge in [-0.1, -0.05) is 18.2 Å². The lowest BCUT2D eigenvalue weighted by molar-refractivity contribution is -0.143. The van der Waals surface area contributed by atoms with Crippen LogP contribution in [0.25, 0.3) is 0 Å². The Morgan fingerprint density at radius 3 is 2.58 bits per heavy atom. The Morgan fingerprint density at radius 2 is 1.95 bits per heavy atom. The fourth-order valence-electron chi connectivity index (χ4n) is 1.82. The average molecular weight is 263 g/mol. The van der Waals surface area contributed by atoms with Gasteiger partial charge < -0.3 is 14.8 Å². The minimum Gasteiger partial charge on any atom is -0.467 e. The van der Waals surface area contributed by atoms with Crippen LogP contribution in [-0.4, -0.2) is 37.1 Å². The van der Waals surface area contributed by atoms with Gasteiger partial charge in [-0.05, 0) is 12.1 Å². The Balaban J connectivity index is 1.99.